The number of amides is 1. The summed E-state index contributed by atoms with van der Waals surface area (Å²) < 4.78 is 1.88. The number of nitrogens with zero attached hydrogens (tertiary/aromatic N) is 4. The van der Waals surface area contributed by atoms with E-state index in [2.05, 4.69) is 10.5 Å². The Balaban J connectivity index is 1.85. The van der Waals surface area contributed by atoms with E-state index in [1.54, 1.807) is 6.07 Å². The number of nitro benzene ring substituents is 2. The van der Waals surface area contributed by atoms with Crippen LogP contribution in [0.1, 0.15) is 32.9 Å². The molecule has 2 aromatic carbocycles. The third-order valence-corrected chi connectivity index (χ3v) is 4.80. The lowest BCUT2D eigenvalue weighted by molar-refractivity contribution is -0.385. The molecule has 1 N–H and O–H groups in total. The summed E-state index contributed by atoms with van der Waals surface area (Å²) in [7, 11) is 0. The first-order valence-electron chi connectivity index (χ1n) is 9.21. The van der Waals surface area contributed by atoms with Crippen LogP contribution < -0.4 is 5.43 Å². The number of aryl methyl sites for hydroxylation is 2. The van der Waals surface area contributed by atoms with Crippen LogP contribution in [0, 0.1) is 41.0 Å². The molecule has 0 spiro atoms. The topological polar surface area (TPSA) is 133 Å². The van der Waals surface area contributed by atoms with Gasteiger partial charge in [0.1, 0.15) is 0 Å². The second-order valence-corrected chi connectivity index (χ2v) is 6.90. The lowest BCUT2D eigenvalue weighted by Gasteiger charge is -2.12. The Kier molecular flexibility index (Phi) is 5.91. The van der Waals surface area contributed by atoms with Gasteiger partial charge in [-0.1, -0.05) is 12.1 Å². The van der Waals surface area contributed by atoms with Crippen molar-refractivity contribution in [3.05, 3.63) is 96.8 Å². The Bertz CT molecular complexity index is 1230. The number of non-ortho nitro benzene ring substituents is 2. The number of nitro groups is 2. The third kappa shape index (κ3) is 4.47. The van der Waals surface area contributed by atoms with Crippen molar-refractivity contribution in [2.24, 2.45) is 5.10 Å². The van der Waals surface area contributed by atoms with E-state index in [0.717, 1.165) is 17.0 Å². The molecule has 10 nitrogen and oxygen atoms in total. The predicted octanol–water partition coefficient (Wildman–Crippen LogP) is 3.98. The van der Waals surface area contributed by atoms with Crippen molar-refractivity contribution >= 4 is 23.5 Å². The van der Waals surface area contributed by atoms with E-state index in [-0.39, 0.29) is 16.9 Å². The average Bonchev–Trinajstić information content (AvgIpc) is 3.01. The van der Waals surface area contributed by atoms with E-state index >= 15 is 0 Å². The van der Waals surface area contributed by atoms with Gasteiger partial charge in [-0.3, -0.25) is 25.0 Å². The molecule has 10 heteroatoms. The Morgan fingerprint density at radius 1 is 1.00 bits per heavy atom. The van der Waals surface area contributed by atoms with E-state index < -0.39 is 15.8 Å². The fraction of sp³-hybridized carbons (Fsp3) is 0.143. The van der Waals surface area contributed by atoms with Crippen LogP contribution in [-0.4, -0.2) is 26.5 Å². The van der Waals surface area contributed by atoms with Gasteiger partial charge in [-0.05, 0) is 38.5 Å². The average molecular weight is 421 g/mol. The summed E-state index contributed by atoms with van der Waals surface area (Å²) in [6.07, 6.45) is 1.46. The number of carbonyl (C=O) groups excluding carboxylic acids is 1. The molecular weight excluding hydrogens is 402 g/mol. The molecule has 1 heterocycles. The molecule has 3 aromatic rings. The van der Waals surface area contributed by atoms with Crippen molar-refractivity contribution in [3.63, 3.8) is 0 Å². The summed E-state index contributed by atoms with van der Waals surface area (Å²) in [5.41, 5.74) is 6.17. The molecule has 158 valence electrons. The van der Waals surface area contributed by atoms with Crippen molar-refractivity contribution < 1.29 is 14.6 Å². The molecule has 0 bridgehead atoms. The minimum absolute atomic E-state index is 0.00691. The molecule has 0 fully saturated rings. The number of hydrogen-bond acceptors (Lipinski definition) is 6. The molecule has 3 rings (SSSR count). The minimum Gasteiger partial charge on any atom is -0.317 e. The third-order valence-electron chi connectivity index (χ3n) is 4.80. The van der Waals surface area contributed by atoms with Gasteiger partial charge in [0, 0.05) is 46.8 Å². The van der Waals surface area contributed by atoms with Gasteiger partial charge in [0.05, 0.1) is 21.7 Å². The zero-order valence-corrected chi connectivity index (χ0v) is 17.0. The van der Waals surface area contributed by atoms with E-state index in [1.807, 2.05) is 31.4 Å². The molecule has 1 aromatic heterocycles. The van der Waals surface area contributed by atoms with Gasteiger partial charge >= 0.3 is 0 Å². The van der Waals surface area contributed by atoms with Gasteiger partial charge in [-0.15, -0.1) is 0 Å². The van der Waals surface area contributed by atoms with E-state index in [1.165, 1.54) is 42.6 Å². The first-order chi connectivity index (χ1) is 14.7. The number of aromatic nitrogens is 1. The van der Waals surface area contributed by atoms with Crippen molar-refractivity contribution in [2.75, 3.05) is 0 Å². The van der Waals surface area contributed by atoms with Crippen LogP contribution >= 0.6 is 0 Å². The summed E-state index contributed by atoms with van der Waals surface area (Å²) in [4.78, 5) is 33.2. The molecule has 0 saturated heterocycles. The molecule has 0 aliphatic rings. The highest BCUT2D eigenvalue weighted by Crippen LogP contribution is 2.26. The maximum Gasteiger partial charge on any atom is 0.271 e. The molecule has 0 radical (unpaired) electrons. The normalized spacial score (nSPS) is 10.9. The van der Waals surface area contributed by atoms with Crippen LogP contribution in [0.3, 0.4) is 0 Å². The Hall–Kier alpha value is -4.34. The van der Waals surface area contributed by atoms with Gasteiger partial charge in [-0.25, -0.2) is 5.43 Å². The molecule has 31 heavy (non-hydrogen) atoms. The lowest BCUT2D eigenvalue weighted by Crippen LogP contribution is -2.17. The zero-order chi connectivity index (χ0) is 22.7. The van der Waals surface area contributed by atoms with Crippen LogP contribution in [-0.2, 0) is 0 Å². The van der Waals surface area contributed by atoms with Gasteiger partial charge < -0.3 is 4.57 Å². The van der Waals surface area contributed by atoms with Gasteiger partial charge in [0.15, 0.2) is 0 Å². The second kappa shape index (κ2) is 8.57. The second-order valence-electron chi connectivity index (χ2n) is 6.90. The predicted molar refractivity (Wildman–Crippen MR) is 115 cm³/mol. The first kappa shape index (κ1) is 21.4. The quantitative estimate of drug-likeness (QED) is 0.365. The number of hydrazone groups is 1. The molecule has 0 aliphatic carbocycles. The van der Waals surface area contributed by atoms with Crippen LogP contribution in [0.15, 0.2) is 53.6 Å². The van der Waals surface area contributed by atoms with Gasteiger partial charge in [-0.2, -0.15) is 5.10 Å². The highest BCUT2D eigenvalue weighted by Gasteiger charge is 2.15. The molecule has 0 atom stereocenters. The highest BCUT2D eigenvalue weighted by molar-refractivity contribution is 5.95. The van der Waals surface area contributed by atoms with E-state index in [0.29, 0.717) is 11.3 Å². The van der Waals surface area contributed by atoms with Crippen molar-refractivity contribution in [3.8, 4) is 5.69 Å². The number of carbonyl (C=O) groups is 1. The molecule has 0 saturated carbocycles. The van der Waals surface area contributed by atoms with E-state index in [9.17, 15) is 25.0 Å². The Labute approximate surface area is 177 Å². The zero-order valence-electron chi connectivity index (χ0n) is 17.0. The van der Waals surface area contributed by atoms with Gasteiger partial charge in [0.2, 0.25) is 0 Å². The molecular formula is C21H19N5O5. The summed E-state index contributed by atoms with van der Waals surface area (Å²) >= 11 is 0. The summed E-state index contributed by atoms with van der Waals surface area (Å²) in [5, 5.41) is 26.0. The fourth-order valence-corrected chi connectivity index (χ4v) is 3.23. The van der Waals surface area contributed by atoms with Crippen LogP contribution in [0.4, 0.5) is 11.4 Å². The van der Waals surface area contributed by atoms with Crippen LogP contribution in [0.5, 0.6) is 0 Å². The minimum atomic E-state index is -0.580. The monoisotopic (exact) mass is 421 g/mol. The smallest absolute Gasteiger partial charge is 0.271 e. The number of rotatable bonds is 6. The summed E-state index contributed by atoms with van der Waals surface area (Å²) in [6.45, 7) is 5.57. The molecule has 1 amide bonds. The van der Waals surface area contributed by atoms with Crippen molar-refractivity contribution in [1.29, 1.82) is 0 Å². The van der Waals surface area contributed by atoms with Crippen LogP contribution in [0.2, 0.25) is 0 Å². The maximum atomic E-state index is 12.2. The summed E-state index contributed by atoms with van der Waals surface area (Å²) in [5.74, 6) is -0.580. The first-order valence-corrected chi connectivity index (χ1v) is 9.21. The van der Waals surface area contributed by atoms with Crippen molar-refractivity contribution in [2.45, 2.75) is 20.8 Å². The molecule has 0 aliphatic heterocycles. The Morgan fingerprint density at radius 2 is 1.68 bits per heavy atom. The summed E-state index contributed by atoms with van der Waals surface area (Å²) in [6, 6.07) is 11.8. The lowest BCUT2D eigenvalue weighted by atomic mass is 10.1. The Morgan fingerprint density at radius 3 is 2.35 bits per heavy atom. The van der Waals surface area contributed by atoms with Gasteiger partial charge in [0.25, 0.3) is 17.3 Å². The maximum absolute atomic E-state index is 12.2. The SMILES string of the molecule is Cc1ccc([N+](=O)[O-])cc1-n1c(C)cc(/C=N\NC(=O)c2cccc([N+](=O)[O-])c2)c1C. The molecule has 0 unspecified atom stereocenters. The fourth-order valence-electron chi connectivity index (χ4n) is 3.23. The number of benzene rings is 2. The largest absolute Gasteiger partial charge is 0.317 e. The number of hydrogen-bond donors (Lipinski definition) is 1. The standard InChI is InChI=1S/C21H19N5O5/c1-13-7-8-19(26(30)31)11-20(13)24-14(2)9-17(15(24)3)12-22-23-21(27)16-5-4-6-18(10-16)25(28)29/h4-12H,1-3H3,(H,23,27)/b22-12-. The van der Waals surface area contributed by atoms with E-state index in [4.69, 9.17) is 0 Å². The number of nitrogens with one attached hydrogen (secondary N) is 1. The highest BCUT2D eigenvalue weighted by atomic mass is 16.6. The van der Waals surface area contributed by atoms with Crippen molar-refractivity contribution in [1.82, 2.24) is 9.99 Å². The van der Waals surface area contributed by atoms with Crippen LogP contribution in [0.25, 0.3) is 5.69 Å².